The second kappa shape index (κ2) is 9.14. The highest BCUT2D eigenvalue weighted by Gasteiger charge is 2.30. The van der Waals surface area contributed by atoms with Crippen LogP contribution in [0.2, 0.25) is 0 Å². The number of hydrogen-bond acceptors (Lipinski definition) is 4. The van der Waals surface area contributed by atoms with E-state index in [-0.39, 0.29) is 12.1 Å². The van der Waals surface area contributed by atoms with Crippen molar-refractivity contribution < 1.29 is 19.0 Å². The van der Waals surface area contributed by atoms with Crippen molar-refractivity contribution >= 4 is 5.97 Å². The normalized spacial score (nSPS) is 21.4. The molecule has 0 radical (unpaired) electrons. The number of allylic oxidation sites excluding steroid dienone is 1. The Morgan fingerprint density at radius 3 is 2.70 bits per heavy atom. The summed E-state index contributed by atoms with van der Waals surface area (Å²) in [5.41, 5.74) is 0. The van der Waals surface area contributed by atoms with Crippen LogP contribution in [0.15, 0.2) is 12.2 Å². The molecule has 0 aromatic carbocycles. The molecule has 4 heteroatoms. The Morgan fingerprint density at radius 1 is 1.30 bits per heavy atom. The van der Waals surface area contributed by atoms with Gasteiger partial charge in [0.2, 0.25) is 0 Å². The van der Waals surface area contributed by atoms with Crippen molar-refractivity contribution in [1.29, 1.82) is 0 Å². The molecular weight excluding hydrogens is 256 g/mol. The van der Waals surface area contributed by atoms with E-state index in [9.17, 15) is 4.79 Å². The van der Waals surface area contributed by atoms with E-state index >= 15 is 0 Å². The van der Waals surface area contributed by atoms with Crippen molar-refractivity contribution in [2.75, 3.05) is 13.2 Å². The minimum absolute atomic E-state index is 0.0756. The number of carbonyl (C=O) groups excluding carboxylic acids is 1. The average molecular weight is 284 g/mol. The molecule has 1 atom stereocenters. The third kappa shape index (κ3) is 7.65. The largest absolute Gasteiger partial charge is 0.466 e. The van der Waals surface area contributed by atoms with Crippen LogP contribution in [0.25, 0.3) is 0 Å². The van der Waals surface area contributed by atoms with Gasteiger partial charge in [0.25, 0.3) is 0 Å². The second-order valence-corrected chi connectivity index (χ2v) is 5.55. The number of rotatable bonds is 9. The van der Waals surface area contributed by atoms with Gasteiger partial charge in [-0.25, -0.2) is 0 Å². The Labute approximate surface area is 122 Å². The smallest absolute Gasteiger partial charge is 0.305 e. The molecule has 0 unspecified atom stereocenters. The first kappa shape index (κ1) is 17.2. The standard InChI is InChI=1S/C16H28O4/c1-4-18-15(17)12-10-8-6-5-7-9-11-14-13-19-16(2,3)20-14/h9,11,14H,4-8,10,12-13H2,1-3H3/b11-9+/t14-/m0/s1. The molecule has 20 heavy (non-hydrogen) atoms. The Morgan fingerprint density at radius 2 is 2.05 bits per heavy atom. The van der Waals surface area contributed by atoms with Crippen molar-refractivity contribution in [1.82, 2.24) is 0 Å². The zero-order valence-corrected chi connectivity index (χ0v) is 13.0. The number of unbranched alkanes of at least 4 members (excludes halogenated alkanes) is 4. The van der Waals surface area contributed by atoms with E-state index in [4.69, 9.17) is 14.2 Å². The maximum atomic E-state index is 11.1. The molecule has 0 aromatic rings. The third-order valence-corrected chi connectivity index (χ3v) is 3.19. The van der Waals surface area contributed by atoms with Crippen molar-refractivity contribution in [2.24, 2.45) is 0 Å². The second-order valence-electron chi connectivity index (χ2n) is 5.55. The van der Waals surface area contributed by atoms with E-state index in [0.717, 1.165) is 32.1 Å². The molecule has 0 bridgehead atoms. The quantitative estimate of drug-likeness (QED) is 0.369. The Balaban J connectivity index is 1.93. The lowest BCUT2D eigenvalue weighted by Crippen LogP contribution is -2.20. The lowest BCUT2D eigenvalue weighted by Gasteiger charge is -2.15. The van der Waals surface area contributed by atoms with Gasteiger partial charge < -0.3 is 14.2 Å². The molecule has 0 N–H and O–H groups in total. The summed E-state index contributed by atoms with van der Waals surface area (Å²) >= 11 is 0. The number of hydrogen-bond donors (Lipinski definition) is 0. The molecule has 0 aromatic heterocycles. The molecule has 0 spiro atoms. The van der Waals surface area contributed by atoms with Crippen LogP contribution in [0, 0.1) is 0 Å². The van der Waals surface area contributed by atoms with Crippen molar-refractivity contribution in [3.63, 3.8) is 0 Å². The lowest BCUT2D eigenvalue weighted by atomic mass is 10.1. The summed E-state index contributed by atoms with van der Waals surface area (Å²) in [5, 5.41) is 0. The molecule has 1 heterocycles. The molecule has 1 aliphatic rings. The fraction of sp³-hybridized carbons (Fsp3) is 0.812. The Kier molecular flexibility index (Phi) is 7.85. The zero-order chi connectivity index (χ0) is 14.8. The van der Waals surface area contributed by atoms with Crippen molar-refractivity contribution in [3.05, 3.63) is 12.2 Å². The first-order valence-corrected chi connectivity index (χ1v) is 7.67. The van der Waals surface area contributed by atoms with E-state index in [2.05, 4.69) is 12.2 Å². The monoisotopic (exact) mass is 284 g/mol. The number of ether oxygens (including phenoxy) is 3. The predicted molar refractivity (Wildman–Crippen MR) is 78.4 cm³/mol. The maximum absolute atomic E-state index is 11.1. The molecule has 4 nitrogen and oxygen atoms in total. The Bertz CT molecular complexity index is 310. The van der Waals surface area contributed by atoms with Crippen LogP contribution in [0.4, 0.5) is 0 Å². The average Bonchev–Trinajstić information content (AvgIpc) is 2.72. The predicted octanol–water partition coefficient (Wildman–Crippen LogP) is 3.60. The van der Waals surface area contributed by atoms with Crippen LogP contribution in [0.5, 0.6) is 0 Å². The van der Waals surface area contributed by atoms with E-state index in [0.29, 0.717) is 19.6 Å². The van der Waals surface area contributed by atoms with Crippen LogP contribution >= 0.6 is 0 Å². The summed E-state index contributed by atoms with van der Waals surface area (Å²) in [5.74, 6) is -0.518. The fourth-order valence-corrected chi connectivity index (χ4v) is 2.18. The van der Waals surface area contributed by atoms with Crippen LogP contribution in [0.1, 0.15) is 59.3 Å². The van der Waals surface area contributed by atoms with Gasteiger partial charge in [-0.2, -0.15) is 0 Å². The molecule has 1 fully saturated rings. The summed E-state index contributed by atoms with van der Waals surface area (Å²) in [6.07, 6.45) is 10.3. The van der Waals surface area contributed by atoms with Gasteiger partial charge in [0.1, 0.15) is 6.10 Å². The van der Waals surface area contributed by atoms with Crippen molar-refractivity contribution in [3.8, 4) is 0 Å². The minimum atomic E-state index is -0.442. The van der Waals surface area contributed by atoms with E-state index < -0.39 is 5.79 Å². The van der Waals surface area contributed by atoms with Gasteiger partial charge in [-0.1, -0.05) is 25.0 Å². The highest BCUT2D eigenvalue weighted by atomic mass is 16.7. The highest BCUT2D eigenvalue weighted by molar-refractivity contribution is 5.69. The molecule has 1 rings (SSSR count). The molecule has 1 saturated heterocycles. The summed E-state index contributed by atoms with van der Waals surface area (Å²) in [7, 11) is 0. The summed E-state index contributed by atoms with van der Waals surface area (Å²) in [6.45, 7) is 6.83. The molecule has 1 aliphatic heterocycles. The summed E-state index contributed by atoms with van der Waals surface area (Å²) in [4.78, 5) is 11.1. The number of carbonyl (C=O) groups is 1. The van der Waals surface area contributed by atoms with Crippen LogP contribution in [-0.4, -0.2) is 31.1 Å². The zero-order valence-electron chi connectivity index (χ0n) is 13.0. The van der Waals surface area contributed by atoms with E-state index in [1.807, 2.05) is 20.8 Å². The van der Waals surface area contributed by atoms with Gasteiger partial charge in [0.15, 0.2) is 5.79 Å². The van der Waals surface area contributed by atoms with Gasteiger partial charge in [0.05, 0.1) is 13.2 Å². The van der Waals surface area contributed by atoms with Crippen LogP contribution in [-0.2, 0) is 19.0 Å². The molecule has 0 amide bonds. The first-order chi connectivity index (χ1) is 9.53. The fourth-order valence-electron chi connectivity index (χ4n) is 2.18. The molecule has 0 saturated carbocycles. The summed E-state index contributed by atoms with van der Waals surface area (Å²) in [6, 6.07) is 0. The van der Waals surface area contributed by atoms with E-state index in [1.54, 1.807) is 0 Å². The first-order valence-electron chi connectivity index (χ1n) is 7.67. The molecule has 0 aliphatic carbocycles. The minimum Gasteiger partial charge on any atom is -0.466 e. The van der Waals surface area contributed by atoms with Gasteiger partial charge >= 0.3 is 5.97 Å². The third-order valence-electron chi connectivity index (χ3n) is 3.19. The Hall–Kier alpha value is -0.870. The lowest BCUT2D eigenvalue weighted by molar-refractivity contribution is -0.143. The van der Waals surface area contributed by atoms with Crippen LogP contribution in [0.3, 0.4) is 0 Å². The molecule has 116 valence electrons. The SMILES string of the molecule is CCOC(=O)CCCCCC/C=C/[C@H]1COC(C)(C)O1. The molecular formula is C16H28O4. The topological polar surface area (TPSA) is 44.8 Å². The summed E-state index contributed by atoms with van der Waals surface area (Å²) < 4.78 is 16.1. The van der Waals surface area contributed by atoms with E-state index in [1.165, 1.54) is 0 Å². The van der Waals surface area contributed by atoms with Crippen molar-refractivity contribution in [2.45, 2.75) is 71.2 Å². The van der Waals surface area contributed by atoms with Crippen LogP contribution < -0.4 is 0 Å². The maximum Gasteiger partial charge on any atom is 0.305 e. The highest BCUT2D eigenvalue weighted by Crippen LogP contribution is 2.23. The van der Waals surface area contributed by atoms with Gasteiger partial charge in [-0.3, -0.25) is 4.79 Å². The van der Waals surface area contributed by atoms with Gasteiger partial charge in [-0.15, -0.1) is 0 Å². The van der Waals surface area contributed by atoms with Gasteiger partial charge in [0, 0.05) is 6.42 Å². The number of esters is 1. The van der Waals surface area contributed by atoms with Gasteiger partial charge in [-0.05, 0) is 40.0 Å².